The number of rotatable bonds is 7. The van der Waals surface area contributed by atoms with Gasteiger partial charge in [0, 0.05) is 12.2 Å². The predicted molar refractivity (Wildman–Crippen MR) is 95.8 cm³/mol. The molecule has 1 heterocycles. The second kappa shape index (κ2) is 9.50. The van der Waals surface area contributed by atoms with E-state index in [1.807, 2.05) is 0 Å². The number of aromatic nitrogens is 2. The molecular weight excluding hydrogens is 433 g/mol. The fourth-order valence-electron chi connectivity index (χ4n) is 1.71. The number of hydrogen-bond donors (Lipinski definition) is 4. The first-order valence-corrected chi connectivity index (χ1v) is 9.03. The molecule has 4 N–H and O–H groups in total. The number of oxime groups is 1. The van der Waals surface area contributed by atoms with Gasteiger partial charge in [0.2, 0.25) is 11.7 Å². The Bertz CT molecular complexity index is 801. The molecular formula is C14H15BrFN5O4S. The summed E-state index contributed by atoms with van der Waals surface area (Å²) in [6.07, 6.45) is -0.652. The maximum atomic E-state index is 13.3. The van der Waals surface area contributed by atoms with Crippen LogP contribution in [0.3, 0.4) is 0 Å². The number of amides is 1. The zero-order chi connectivity index (χ0) is 19.1. The lowest BCUT2D eigenvalue weighted by Crippen LogP contribution is -2.31. The molecule has 0 saturated heterocycles. The summed E-state index contributed by atoms with van der Waals surface area (Å²) in [5, 5.41) is 34.3. The van der Waals surface area contributed by atoms with E-state index in [4.69, 9.17) is 5.11 Å². The van der Waals surface area contributed by atoms with E-state index in [0.29, 0.717) is 5.69 Å². The van der Waals surface area contributed by atoms with Gasteiger partial charge in [0.25, 0.3) is 0 Å². The molecule has 26 heavy (non-hydrogen) atoms. The normalized spacial score (nSPS) is 12.7. The Hall–Kier alpha value is -2.18. The lowest BCUT2D eigenvalue weighted by molar-refractivity contribution is -0.118. The van der Waals surface area contributed by atoms with Gasteiger partial charge in [-0.15, -0.1) is 0 Å². The molecule has 0 fully saturated rings. The van der Waals surface area contributed by atoms with Crippen LogP contribution >= 0.6 is 27.7 Å². The van der Waals surface area contributed by atoms with Crippen molar-refractivity contribution in [3.63, 3.8) is 0 Å². The van der Waals surface area contributed by atoms with E-state index >= 15 is 0 Å². The van der Waals surface area contributed by atoms with Gasteiger partial charge in [0.15, 0.2) is 10.7 Å². The molecule has 2 rings (SSSR count). The Morgan fingerprint density at radius 2 is 2.27 bits per heavy atom. The highest BCUT2D eigenvalue weighted by atomic mass is 79.9. The van der Waals surface area contributed by atoms with Crippen molar-refractivity contribution in [3.05, 3.63) is 34.2 Å². The molecule has 0 bridgehead atoms. The number of aliphatic hydroxyl groups is 1. The van der Waals surface area contributed by atoms with Gasteiger partial charge in [-0.3, -0.25) is 4.79 Å². The second-order valence-electron chi connectivity index (χ2n) is 5.06. The van der Waals surface area contributed by atoms with Crippen LogP contribution in [0.4, 0.5) is 10.1 Å². The Morgan fingerprint density at radius 1 is 1.50 bits per heavy atom. The van der Waals surface area contributed by atoms with E-state index in [-0.39, 0.29) is 39.2 Å². The first-order chi connectivity index (χ1) is 12.4. The Morgan fingerprint density at radius 3 is 2.92 bits per heavy atom. The molecule has 0 aliphatic carbocycles. The zero-order valence-corrected chi connectivity index (χ0v) is 15.8. The molecule has 2 aromatic rings. The lowest BCUT2D eigenvalue weighted by Gasteiger charge is -2.08. The van der Waals surface area contributed by atoms with Crippen molar-refractivity contribution >= 4 is 45.1 Å². The van der Waals surface area contributed by atoms with Crippen molar-refractivity contribution in [2.45, 2.75) is 18.1 Å². The summed E-state index contributed by atoms with van der Waals surface area (Å²) in [6.45, 7) is 1.68. The molecule has 1 aromatic heterocycles. The fraction of sp³-hybridized carbons (Fsp3) is 0.286. The minimum absolute atomic E-state index is 0.00522. The smallest absolute Gasteiger partial charge is 0.230 e. The Kier molecular flexibility index (Phi) is 7.36. The molecule has 0 radical (unpaired) electrons. The zero-order valence-electron chi connectivity index (χ0n) is 13.4. The molecule has 0 spiro atoms. The Labute approximate surface area is 160 Å². The van der Waals surface area contributed by atoms with Crippen LogP contribution in [0.15, 0.2) is 37.5 Å². The first kappa shape index (κ1) is 20.1. The number of thioether (sulfide) groups is 1. The summed E-state index contributed by atoms with van der Waals surface area (Å²) in [6, 6.07) is 4.12. The first-order valence-electron chi connectivity index (χ1n) is 7.25. The van der Waals surface area contributed by atoms with Crippen LogP contribution in [0.1, 0.15) is 12.6 Å². The predicted octanol–water partition coefficient (Wildman–Crippen LogP) is 1.81. The van der Waals surface area contributed by atoms with Gasteiger partial charge in [0.05, 0.1) is 16.3 Å². The quantitative estimate of drug-likeness (QED) is 0.166. The van der Waals surface area contributed by atoms with E-state index < -0.39 is 11.9 Å². The SMILES string of the molecule is C[C@@H](O)CNC(=O)CSc1nonc1/C(=N/O)Nc1ccc(F)c(Br)c1. The summed E-state index contributed by atoms with van der Waals surface area (Å²) in [5.41, 5.74) is 0.515. The van der Waals surface area contributed by atoms with Gasteiger partial charge in [-0.25, -0.2) is 9.02 Å². The standard InChI is InChI=1S/C14H15BrFN5O4S/c1-7(22)5-17-11(23)6-26-14-12(20-25-21-14)13(19-24)18-8-2-3-10(16)9(15)4-8/h2-4,7,22,24H,5-6H2,1H3,(H,17,23)(H,18,19)/t7-/m1/s1. The van der Waals surface area contributed by atoms with Gasteiger partial charge in [-0.2, -0.15) is 0 Å². The highest BCUT2D eigenvalue weighted by Gasteiger charge is 2.19. The minimum atomic E-state index is -0.652. The summed E-state index contributed by atoms with van der Waals surface area (Å²) in [4.78, 5) is 11.7. The molecule has 0 aliphatic heterocycles. The molecule has 0 saturated carbocycles. The van der Waals surface area contributed by atoms with Crippen molar-refractivity contribution in [3.8, 4) is 0 Å². The molecule has 0 unspecified atom stereocenters. The maximum absolute atomic E-state index is 13.3. The number of amidine groups is 1. The van der Waals surface area contributed by atoms with Crippen LogP contribution in [0, 0.1) is 5.82 Å². The number of carbonyl (C=O) groups is 1. The number of hydrogen-bond acceptors (Lipinski definition) is 8. The van der Waals surface area contributed by atoms with Gasteiger partial charge < -0.3 is 20.9 Å². The Balaban J connectivity index is 2.04. The minimum Gasteiger partial charge on any atom is -0.409 e. The largest absolute Gasteiger partial charge is 0.409 e. The number of carbonyl (C=O) groups excluding carboxylic acids is 1. The topological polar surface area (TPSA) is 133 Å². The van der Waals surface area contributed by atoms with Crippen molar-refractivity contribution < 1.29 is 24.1 Å². The number of aliphatic hydroxyl groups excluding tert-OH is 1. The van der Waals surface area contributed by atoms with Crippen LogP contribution in [0.25, 0.3) is 0 Å². The van der Waals surface area contributed by atoms with E-state index in [1.165, 1.54) is 18.2 Å². The number of nitrogens with zero attached hydrogens (tertiary/aromatic N) is 3. The maximum Gasteiger partial charge on any atom is 0.230 e. The summed E-state index contributed by atoms with van der Waals surface area (Å²) in [7, 11) is 0. The number of halogens is 2. The van der Waals surface area contributed by atoms with Crippen LogP contribution in [-0.4, -0.2) is 50.8 Å². The van der Waals surface area contributed by atoms with Crippen LogP contribution < -0.4 is 10.6 Å². The molecule has 1 aromatic carbocycles. The van der Waals surface area contributed by atoms with E-state index in [2.05, 4.69) is 46.7 Å². The number of nitrogens with one attached hydrogen (secondary N) is 2. The van der Waals surface area contributed by atoms with Crippen LogP contribution in [-0.2, 0) is 4.79 Å². The molecule has 140 valence electrons. The third-order valence-electron chi connectivity index (χ3n) is 2.90. The monoisotopic (exact) mass is 447 g/mol. The number of anilines is 1. The highest BCUT2D eigenvalue weighted by Crippen LogP contribution is 2.23. The molecule has 9 nitrogen and oxygen atoms in total. The van der Waals surface area contributed by atoms with E-state index in [9.17, 15) is 14.4 Å². The van der Waals surface area contributed by atoms with Gasteiger partial charge in [0.1, 0.15) is 5.82 Å². The van der Waals surface area contributed by atoms with Crippen molar-refractivity contribution in [2.24, 2.45) is 5.16 Å². The van der Waals surface area contributed by atoms with Crippen molar-refractivity contribution in [2.75, 3.05) is 17.6 Å². The average molecular weight is 448 g/mol. The summed E-state index contributed by atoms with van der Waals surface area (Å²) in [5.74, 6) is -0.852. The van der Waals surface area contributed by atoms with E-state index in [0.717, 1.165) is 11.8 Å². The summed E-state index contributed by atoms with van der Waals surface area (Å²) >= 11 is 4.07. The van der Waals surface area contributed by atoms with Crippen LogP contribution in [0.5, 0.6) is 0 Å². The second-order valence-corrected chi connectivity index (χ2v) is 6.88. The van der Waals surface area contributed by atoms with Crippen molar-refractivity contribution in [1.29, 1.82) is 0 Å². The van der Waals surface area contributed by atoms with Gasteiger partial charge in [-0.05, 0) is 51.4 Å². The van der Waals surface area contributed by atoms with Gasteiger partial charge in [-0.1, -0.05) is 16.9 Å². The molecule has 12 heteroatoms. The molecule has 1 atom stereocenters. The number of benzene rings is 1. The fourth-order valence-corrected chi connectivity index (χ4v) is 2.81. The lowest BCUT2D eigenvalue weighted by atomic mass is 10.3. The third-order valence-corrected chi connectivity index (χ3v) is 4.46. The molecule has 0 aliphatic rings. The van der Waals surface area contributed by atoms with E-state index in [1.54, 1.807) is 6.92 Å². The van der Waals surface area contributed by atoms with Crippen molar-refractivity contribution in [1.82, 2.24) is 15.6 Å². The average Bonchev–Trinajstić information content (AvgIpc) is 3.07. The summed E-state index contributed by atoms with van der Waals surface area (Å²) < 4.78 is 18.2. The van der Waals surface area contributed by atoms with Crippen LogP contribution in [0.2, 0.25) is 0 Å². The molecule has 1 amide bonds. The third kappa shape index (κ3) is 5.68. The van der Waals surface area contributed by atoms with Gasteiger partial charge >= 0.3 is 0 Å². The highest BCUT2D eigenvalue weighted by molar-refractivity contribution is 9.10.